The maximum absolute atomic E-state index is 11.7. The molecule has 84 valence electrons. The maximum atomic E-state index is 11.7. The highest BCUT2D eigenvalue weighted by Crippen LogP contribution is 2.38. The molecule has 0 saturated heterocycles. The number of carbonyl (C=O) groups excluding carboxylic acids is 1. The van der Waals surface area contributed by atoms with Crippen LogP contribution in [0.4, 0.5) is 0 Å². The number of aryl methyl sites for hydroxylation is 1. The number of nitrogens with zero attached hydrogens (tertiary/aromatic N) is 1. The second kappa shape index (κ2) is 3.85. The summed E-state index contributed by atoms with van der Waals surface area (Å²) in [5.74, 6) is 0.231. The molecule has 0 radical (unpaired) electrons. The quantitative estimate of drug-likeness (QED) is 0.720. The first kappa shape index (κ1) is 11.1. The molecule has 0 amide bonds. The Hall–Kier alpha value is -1.44. The molecule has 16 heavy (non-hydrogen) atoms. The van der Waals surface area contributed by atoms with Crippen LogP contribution in [0.3, 0.4) is 0 Å². The predicted molar refractivity (Wildman–Crippen MR) is 65.0 cm³/mol. The van der Waals surface area contributed by atoms with E-state index in [-0.39, 0.29) is 11.2 Å². The summed E-state index contributed by atoms with van der Waals surface area (Å²) in [7, 11) is 0. The summed E-state index contributed by atoms with van der Waals surface area (Å²) in [6.07, 6.45) is 7.03. The van der Waals surface area contributed by atoms with E-state index in [1.54, 1.807) is 12.3 Å². The van der Waals surface area contributed by atoms with Crippen LogP contribution in [0.25, 0.3) is 5.57 Å². The lowest BCUT2D eigenvalue weighted by Crippen LogP contribution is -2.21. The molecule has 1 aliphatic carbocycles. The number of ketones is 1. The molecule has 0 saturated carbocycles. The number of carbonyl (C=O) groups is 1. The zero-order valence-corrected chi connectivity index (χ0v) is 10.1. The van der Waals surface area contributed by atoms with Crippen LogP contribution >= 0.6 is 0 Å². The molecule has 1 aliphatic rings. The summed E-state index contributed by atoms with van der Waals surface area (Å²) in [6.45, 7) is 6.34. The average Bonchev–Trinajstić information content (AvgIpc) is 2.15. The molecule has 1 aromatic heterocycles. The third-order valence-electron chi connectivity index (χ3n) is 3.04. The molecule has 2 rings (SSSR count). The fourth-order valence-corrected chi connectivity index (χ4v) is 2.32. The summed E-state index contributed by atoms with van der Waals surface area (Å²) >= 11 is 0. The van der Waals surface area contributed by atoms with Gasteiger partial charge in [0.05, 0.1) is 0 Å². The molecule has 0 unspecified atom stereocenters. The van der Waals surface area contributed by atoms with E-state index < -0.39 is 0 Å². The van der Waals surface area contributed by atoms with Gasteiger partial charge in [0.2, 0.25) is 0 Å². The van der Waals surface area contributed by atoms with Gasteiger partial charge in [-0.05, 0) is 47.6 Å². The molecule has 0 atom stereocenters. The summed E-state index contributed by atoms with van der Waals surface area (Å²) in [5.41, 5.74) is 3.51. The van der Waals surface area contributed by atoms with E-state index in [9.17, 15) is 4.79 Å². The lowest BCUT2D eigenvalue weighted by Gasteiger charge is -2.29. The van der Waals surface area contributed by atoms with Crippen molar-refractivity contribution in [2.24, 2.45) is 5.41 Å². The average molecular weight is 215 g/mol. The molecular formula is C14H17NO. The van der Waals surface area contributed by atoms with Crippen LogP contribution < -0.4 is 0 Å². The van der Waals surface area contributed by atoms with E-state index in [4.69, 9.17) is 0 Å². The van der Waals surface area contributed by atoms with Crippen molar-refractivity contribution < 1.29 is 4.79 Å². The van der Waals surface area contributed by atoms with Crippen molar-refractivity contribution in [1.82, 2.24) is 4.98 Å². The van der Waals surface area contributed by atoms with Crippen LogP contribution in [0.5, 0.6) is 0 Å². The van der Waals surface area contributed by atoms with Gasteiger partial charge in [0.1, 0.15) is 0 Å². The fourth-order valence-electron chi connectivity index (χ4n) is 2.32. The highest BCUT2D eigenvalue weighted by atomic mass is 16.1. The van der Waals surface area contributed by atoms with Crippen molar-refractivity contribution in [3.05, 3.63) is 35.7 Å². The highest BCUT2D eigenvalue weighted by molar-refractivity contribution is 5.99. The van der Waals surface area contributed by atoms with Gasteiger partial charge in [0, 0.05) is 18.8 Å². The molecule has 1 aromatic rings. The summed E-state index contributed by atoms with van der Waals surface area (Å²) < 4.78 is 0. The fraction of sp³-hybridized carbons (Fsp3) is 0.429. The van der Waals surface area contributed by atoms with E-state index in [1.807, 2.05) is 12.3 Å². The Kier molecular flexibility index (Phi) is 2.66. The Bertz CT molecular complexity index is 458. The zero-order valence-electron chi connectivity index (χ0n) is 10.1. The lowest BCUT2D eigenvalue weighted by atomic mass is 9.75. The molecular weight excluding hydrogens is 198 g/mol. The molecule has 2 nitrogen and oxygen atoms in total. The summed E-state index contributed by atoms with van der Waals surface area (Å²) in [6, 6.07) is 1.99. The van der Waals surface area contributed by atoms with Crippen LogP contribution in [0.15, 0.2) is 24.5 Å². The molecule has 0 spiro atoms. The topological polar surface area (TPSA) is 30.0 Å². The molecule has 0 N–H and O–H groups in total. The molecule has 0 aromatic carbocycles. The van der Waals surface area contributed by atoms with Crippen molar-refractivity contribution in [2.45, 2.75) is 33.6 Å². The van der Waals surface area contributed by atoms with Gasteiger partial charge in [-0.3, -0.25) is 9.78 Å². The van der Waals surface area contributed by atoms with Gasteiger partial charge >= 0.3 is 0 Å². The summed E-state index contributed by atoms with van der Waals surface area (Å²) in [4.78, 5) is 15.8. The minimum absolute atomic E-state index is 0.0729. The maximum Gasteiger partial charge on any atom is 0.156 e. The van der Waals surface area contributed by atoms with Gasteiger partial charge in [-0.25, -0.2) is 0 Å². The molecule has 0 bridgehead atoms. The molecule has 0 aliphatic heterocycles. The van der Waals surface area contributed by atoms with E-state index in [0.29, 0.717) is 6.42 Å². The van der Waals surface area contributed by atoms with E-state index in [2.05, 4.69) is 25.8 Å². The molecule has 0 fully saturated rings. The van der Waals surface area contributed by atoms with Crippen LogP contribution in [0.1, 0.15) is 37.8 Å². The number of allylic oxidation sites excluding steroid dienone is 2. The highest BCUT2D eigenvalue weighted by Gasteiger charge is 2.28. The number of rotatable bonds is 1. The van der Waals surface area contributed by atoms with Crippen molar-refractivity contribution in [3.63, 3.8) is 0 Å². The van der Waals surface area contributed by atoms with Gasteiger partial charge in [-0.2, -0.15) is 0 Å². The Labute approximate surface area is 96.4 Å². The number of hydrogen-bond donors (Lipinski definition) is 0. The third kappa shape index (κ3) is 2.21. The minimum atomic E-state index is 0.0729. The first-order valence-electron chi connectivity index (χ1n) is 5.62. The second-order valence-electron chi connectivity index (χ2n) is 5.34. The van der Waals surface area contributed by atoms with E-state index in [1.165, 1.54) is 5.56 Å². The predicted octanol–water partition coefficient (Wildman–Crippen LogP) is 3.16. The van der Waals surface area contributed by atoms with Crippen LogP contribution in [0.2, 0.25) is 0 Å². The number of hydrogen-bond acceptors (Lipinski definition) is 2. The smallest absolute Gasteiger partial charge is 0.156 e. The second-order valence-corrected chi connectivity index (χ2v) is 5.34. The number of pyridine rings is 1. The zero-order chi connectivity index (χ0) is 11.8. The van der Waals surface area contributed by atoms with E-state index in [0.717, 1.165) is 17.6 Å². The van der Waals surface area contributed by atoms with Crippen molar-refractivity contribution in [1.29, 1.82) is 0 Å². The SMILES string of the molecule is Cc1ccncc1C1=CC(=O)CC(C)(C)C1. The Morgan fingerprint density at radius 1 is 1.31 bits per heavy atom. The lowest BCUT2D eigenvalue weighted by molar-refractivity contribution is -0.116. The first-order chi connectivity index (χ1) is 7.48. The Morgan fingerprint density at radius 2 is 2.06 bits per heavy atom. The van der Waals surface area contributed by atoms with Crippen molar-refractivity contribution in [3.8, 4) is 0 Å². The third-order valence-corrected chi connectivity index (χ3v) is 3.04. The van der Waals surface area contributed by atoms with E-state index >= 15 is 0 Å². The van der Waals surface area contributed by atoms with Crippen molar-refractivity contribution in [2.75, 3.05) is 0 Å². The first-order valence-corrected chi connectivity index (χ1v) is 5.62. The largest absolute Gasteiger partial charge is 0.295 e. The number of aromatic nitrogens is 1. The van der Waals surface area contributed by atoms with Gasteiger partial charge in [-0.1, -0.05) is 13.8 Å². The standard InChI is InChI=1S/C14H17NO/c1-10-4-5-15-9-13(10)11-6-12(16)8-14(2,3)7-11/h4-6,9H,7-8H2,1-3H3. The van der Waals surface area contributed by atoms with Crippen molar-refractivity contribution >= 4 is 11.4 Å². The van der Waals surface area contributed by atoms with Crippen LogP contribution in [0, 0.1) is 12.3 Å². The normalized spacial score (nSPS) is 19.4. The van der Waals surface area contributed by atoms with Gasteiger partial charge in [0.15, 0.2) is 5.78 Å². The van der Waals surface area contributed by atoms with Gasteiger partial charge in [0.25, 0.3) is 0 Å². The minimum Gasteiger partial charge on any atom is -0.295 e. The summed E-state index contributed by atoms with van der Waals surface area (Å²) in [5, 5.41) is 0. The monoisotopic (exact) mass is 215 g/mol. The van der Waals surface area contributed by atoms with Gasteiger partial charge < -0.3 is 0 Å². The Balaban J connectivity index is 2.42. The molecule has 2 heteroatoms. The van der Waals surface area contributed by atoms with Gasteiger partial charge in [-0.15, -0.1) is 0 Å². The van der Waals surface area contributed by atoms with Crippen LogP contribution in [-0.4, -0.2) is 10.8 Å². The van der Waals surface area contributed by atoms with Crippen LogP contribution in [-0.2, 0) is 4.79 Å². The molecule has 1 heterocycles. The Morgan fingerprint density at radius 3 is 2.69 bits per heavy atom.